The summed E-state index contributed by atoms with van der Waals surface area (Å²) in [6.45, 7) is 0.837. The Balaban J connectivity index is 2.01. The summed E-state index contributed by atoms with van der Waals surface area (Å²) in [4.78, 5) is 13.8. The van der Waals surface area contributed by atoms with Crippen LogP contribution in [0.25, 0.3) is 0 Å². The number of aryl methyl sites for hydroxylation is 1. The van der Waals surface area contributed by atoms with E-state index < -0.39 is 0 Å². The van der Waals surface area contributed by atoms with Crippen LogP contribution in [0.5, 0.6) is 0 Å². The Labute approximate surface area is 111 Å². The first-order valence-corrected chi connectivity index (χ1v) is 5.85. The van der Waals surface area contributed by atoms with Crippen molar-refractivity contribution in [1.29, 1.82) is 0 Å². The van der Waals surface area contributed by atoms with E-state index in [1.165, 1.54) is 0 Å². The number of aromatic nitrogens is 4. The molecular formula is C12H17N5O2. The second kappa shape index (κ2) is 5.66. The van der Waals surface area contributed by atoms with Crippen LogP contribution in [0.15, 0.2) is 24.7 Å². The van der Waals surface area contributed by atoms with Crippen LogP contribution in [0.4, 0.5) is 0 Å². The highest BCUT2D eigenvalue weighted by molar-refractivity contribution is 5.91. The van der Waals surface area contributed by atoms with Crippen LogP contribution in [0, 0.1) is 0 Å². The summed E-state index contributed by atoms with van der Waals surface area (Å²) in [7, 11) is 5.17. The van der Waals surface area contributed by atoms with Crippen LogP contribution in [0.1, 0.15) is 16.1 Å². The SMILES string of the molecule is COCn1ccc(C(=O)N(C)Cc2cnn(C)c2)n1. The second-order valence-corrected chi connectivity index (χ2v) is 4.34. The van der Waals surface area contributed by atoms with Crippen LogP contribution in [-0.2, 0) is 25.1 Å². The smallest absolute Gasteiger partial charge is 0.274 e. The summed E-state index contributed by atoms with van der Waals surface area (Å²) in [6, 6.07) is 1.68. The molecule has 0 aromatic carbocycles. The molecule has 2 rings (SSSR count). The average Bonchev–Trinajstić information content (AvgIpc) is 2.98. The third-order valence-corrected chi connectivity index (χ3v) is 2.65. The van der Waals surface area contributed by atoms with Gasteiger partial charge in [-0.3, -0.25) is 9.48 Å². The van der Waals surface area contributed by atoms with E-state index >= 15 is 0 Å². The number of carbonyl (C=O) groups excluding carboxylic acids is 1. The van der Waals surface area contributed by atoms with Gasteiger partial charge in [-0.15, -0.1) is 0 Å². The third kappa shape index (κ3) is 3.19. The molecular weight excluding hydrogens is 246 g/mol. The van der Waals surface area contributed by atoms with Gasteiger partial charge in [0.05, 0.1) is 6.20 Å². The monoisotopic (exact) mass is 263 g/mol. The summed E-state index contributed by atoms with van der Waals surface area (Å²) >= 11 is 0. The number of carbonyl (C=O) groups is 1. The van der Waals surface area contributed by atoms with Crippen molar-refractivity contribution in [3.05, 3.63) is 35.9 Å². The minimum atomic E-state index is -0.126. The van der Waals surface area contributed by atoms with Gasteiger partial charge in [0.15, 0.2) is 0 Å². The molecule has 0 bridgehead atoms. The largest absolute Gasteiger partial charge is 0.362 e. The Morgan fingerprint density at radius 2 is 2.32 bits per heavy atom. The standard InChI is InChI=1S/C12H17N5O2/c1-15(7-10-6-13-16(2)8-10)12(18)11-4-5-17(14-11)9-19-3/h4-6,8H,7,9H2,1-3H3. The van der Waals surface area contributed by atoms with Gasteiger partial charge in [0.25, 0.3) is 5.91 Å². The van der Waals surface area contributed by atoms with Gasteiger partial charge in [0.2, 0.25) is 0 Å². The van der Waals surface area contributed by atoms with Crippen LogP contribution < -0.4 is 0 Å². The van der Waals surface area contributed by atoms with Gasteiger partial charge in [0.1, 0.15) is 12.4 Å². The van der Waals surface area contributed by atoms with Crippen molar-refractivity contribution in [1.82, 2.24) is 24.5 Å². The lowest BCUT2D eigenvalue weighted by molar-refractivity contribution is 0.0773. The lowest BCUT2D eigenvalue weighted by Gasteiger charge is -2.14. The van der Waals surface area contributed by atoms with Gasteiger partial charge in [-0.2, -0.15) is 10.2 Å². The molecule has 0 N–H and O–H groups in total. The van der Waals surface area contributed by atoms with Crippen molar-refractivity contribution in [2.75, 3.05) is 14.2 Å². The van der Waals surface area contributed by atoms with Gasteiger partial charge in [-0.25, -0.2) is 4.68 Å². The van der Waals surface area contributed by atoms with E-state index in [-0.39, 0.29) is 5.91 Å². The van der Waals surface area contributed by atoms with Gasteiger partial charge in [-0.1, -0.05) is 0 Å². The van der Waals surface area contributed by atoms with Crippen LogP contribution in [0.2, 0.25) is 0 Å². The maximum absolute atomic E-state index is 12.2. The number of hydrogen-bond donors (Lipinski definition) is 0. The molecule has 0 saturated carbocycles. The first kappa shape index (κ1) is 13.3. The van der Waals surface area contributed by atoms with E-state index in [1.54, 1.807) is 46.9 Å². The van der Waals surface area contributed by atoms with E-state index in [2.05, 4.69) is 10.2 Å². The summed E-state index contributed by atoms with van der Waals surface area (Å²) in [5.41, 5.74) is 1.39. The highest BCUT2D eigenvalue weighted by Crippen LogP contribution is 2.06. The number of methoxy groups -OCH3 is 1. The summed E-state index contributed by atoms with van der Waals surface area (Å²) in [6.07, 6.45) is 5.34. The molecule has 0 aliphatic carbocycles. The molecule has 1 amide bonds. The van der Waals surface area contributed by atoms with E-state index in [1.807, 2.05) is 13.2 Å². The highest BCUT2D eigenvalue weighted by atomic mass is 16.5. The number of hydrogen-bond acceptors (Lipinski definition) is 4. The predicted octanol–water partition coefficient (Wildman–Crippen LogP) is 0.493. The molecule has 0 radical (unpaired) electrons. The fourth-order valence-electron chi connectivity index (χ4n) is 1.77. The quantitative estimate of drug-likeness (QED) is 0.787. The molecule has 0 aliphatic rings. The maximum Gasteiger partial charge on any atom is 0.274 e. The van der Waals surface area contributed by atoms with E-state index in [0.29, 0.717) is 19.0 Å². The predicted molar refractivity (Wildman–Crippen MR) is 68.2 cm³/mol. The Hall–Kier alpha value is -2.15. The molecule has 19 heavy (non-hydrogen) atoms. The maximum atomic E-state index is 12.2. The molecule has 2 aromatic heterocycles. The first-order valence-electron chi connectivity index (χ1n) is 5.85. The second-order valence-electron chi connectivity index (χ2n) is 4.34. The molecule has 2 heterocycles. The normalized spacial score (nSPS) is 10.7. The van der Waals surface area contributed by atoms with Crippen molar-refractivity contribution in [2.24, 2.45) is 7.05 Å². The van der Waals surface area contributed by atoms with Crippen molar-refractivity contribution in [3.63, 3.8) is 0 Å². The van der Waals surface area contributed by atoms with E-state index in [4.69, 9.17) is 4.74 Å². The molecule has 0 atom stereocenters. The van der Waals surface area contributed by atoms with Crippen molar-refractivity contribution < 1.29 is 9.53 Å². The molecule has 0 spiro atoms. The average molecular weight is 263 g/mol. The van der Waals surface area contributed by atoms with Crippen molar-refractivity contribution in [2.45, 2.75) is 13.3 Å². The molecule has 0 saturated heterocycles. The number of nitrogens with zero attached hydrogens (tertiary/aromatic N) is 5. The lowest BCUT2D eigenvalue weighted by Crippen LogP contribution is -2.26. The van der Waals surface area contributed by atoms with Gasteiger partial charge >= 0.3 is 0 Å². The number of ether oxygens (including phenoxy) is 1. The molecule has 0 aliphatic heterocycles. The van der Waals surface area contributed by atoms with Crippen LogP contribution >= 0.6 is 0 Å². The summed E-state index contributed by atoms with van der Waals surface area (Å²) < 4.78 is 8.23. The molecule has 0 unspecified atom stereocenters. The van der Waals surface area contributed by atoms with Gasteiger partial charge < -0.3 is 9.64 Å². The molecule has 2 aromatic rings. The number of rotatable bonds is 5. The Morgan fingerprint density at radius 1 is 1.53 bits per heavy atom. The lowest BCUT2D eigenvalue weighted by atomic mass is 10.3. The van der Waals surface area contributed by atoms with Gasteiger partial charge in [0, 0.05) is 45.7 Å². The highest BCUT2D eigenvalue weighted by Gasteiger charge is 2.15. The minimum absolute atomic E-state index is 0.126. The molecule has 7 nitrogen and oxygen atoms in total. The zero-order chi connectivity index (χ0) is 13.8. The topological polar surface area (TPSA) is 65.2 Å². The van der Waals surface area contributed by atoms with Crippen molar-refractivity contribution in [3.8, 4) is 0 Å². The Morgan fingerprint density at radius 3 is 2.95 bits per heavy atom. The summed E-state index contributed by atoms with van der Waals surface area (Å²) in [5.74, 6) is -0.126. The third-order valence-electron chi connectivity index (χ3n) is 2.65. The van der Waals surface area contributed by atoms with Crippen LogP contribution in [0.3, 0.4) is 0 Å². The van der Waals surface area contributed by atoms with Crippen molar-refractivity contribution >= 4 is 5.91 Å². The fourth-order valence-corrected chi connectivity index (χ4v) is 1.77. The zero-order valence-corrected chi connectivity index (χ0v) is 11.3. The Bertz CT molecular complexity index is 560. The zero-order valence-electron chi connectivity index (χ0n) is 11.3. The molecule has 102 valence electrons. The fraction of sp³-hybridized carbons (Fsp3) is 0.417. The Kier molecular flexibility index (Phi) is 3.96. The van der Waals surface area contributed by atoms with Crippen LogP contribution in [-0.4, -0.2) is 44.5 Å². The molecule has 0 fully saturated rings. The molecule has 7 heteroatoms. The minimum Gasteiger partial charge on any atom is -0.362 e. The summed E-state index contributed by atoms with van der Waals surface area (Å²) in [5, 5.41) is 8.22. The van der Waals surface area contributed by atoms with Gasteiger partial charge in [-0.05, 0) is 6.07 Å². The van der Waals surface area contributed by atoms with E-state index in [9.17, 15) is 4.79 Å². The number of amides is 1. The first-order chi connectivity index (χ1) is 9.10. The van der Waals surface area contributed by atoms with E-state index in [0.717, 1.165) is 5.56 Å².